The Hall–Kier alpha value is -3.22. The molecular weight excluding hydrogens is 312 g/mol. The predicted molar refractivity (Wildman–Crippen MR) is 86.7 cm³/mol. The summed E-state index contributed by atoms with van der Waals surface area (Å²) in [6.07, 6.45) is 0.670. The summed E-state index contributed by atoms with van der Waals surface area (Å²) < 4.78 is 16.1. The summed E-state index contributed by atoms with van der Waals surface area (Å²) in [4.78, 5) is 12.1. The lowest BCUT2D eigenvalue weighted by molar-refractivity contribution is -0.130. The highest BCUT2D eigenvalue weighted by Gasteiger charge is 2.26. The summed E-state index contributed by atoms with van der Waals surface area (Å²) in [6, 6.07) is 11.9. The van der Waals surface area contributed by atoms with Crippen molar-refractivity contribution in [2.45, 2.75) is 6.10 Å². The smallest absolute Gasteiger partial charge is 0.284 e. The average Bonchev–Trinajstić information content (AvgIpc) is 2.62. The Kier molecular flexibility index (Phi) is 4.51. The number of ether oxygens (including phenoxy) is 3. The van der Waals surface area contributed by atoms with Gasteiger partial charge in [0.05, 0.1) is 13.3 Å². The number of hydrazone groups is 1. The first-order valence-electron chi connectivity index (χ1n) is 7.26. The molecule has 0 saturated heterocycles. The van der Waals surface area contributed by atoms with Crippen molar-refractivity contribution in [3.05, 3.63) is 48.0 Å². The van der Waals surface area contributed by atoms with Crippen LogP contribution in [-0.2, 0) is 4.79 Å². The molecule has 24 heavy (non-hydrogen) atoms. The largest absolute Gasteiger partial charge is 0.504 e. The highest BCUT2D eigenvalue weighted by molar-refractivity contribution is 5.85. The van der Waals surface area contributed by atoms with Crippen molar-refractivity contribution in [2.75, 3.05) is 13.7 Å². The molecule has 3 rings (SSSR count). The molecule has 0 aromatic heterocycles. The Bertz CT molecular complexity index is 775. The van der Waals surface area contributed by atoms with Crippen LogP contribution in [0.2, 0.25) is 0 Å². The Morgan fingerprint density at radius 3 is 2.92 bits per heavy atom. The van der Waals surface area contributed by atoms with Gasteiger partial charge >= 0.3 is 0 Å². The van der Waals surface area contributed by atoms with E-state index in [4.69, 9.17) is 14.2 Å². The number of hydrogen-bond acceptors (Lipinski definition) is 6. The number of benzene rings is 2. The van der Waals surface area contributed by atoms with Gasteiger partial charge in [-0.1, -0.05) is 12.1 Å². The number of nitrogens with zero attached hydrogens (tertiary/aromatic N) is 1. The summed E-state index contributed by atoms with van der Waals surface area (Å²) in [7, 11) is 1.45. The van der Waals surface area contributed by atoms with Gasteiger partial charge in [-0.2, -0.15) is 5.10 Å². The van der Waals surface area contributed by atoms with Crippen molar-refractivity contribution >= 4 is 12.1 Å². The molecule has 0 aliphatic carbocycles. The maximum absolute atomic E-state index is 12.1. The number of amides is 1. The summed E-state index contributed by atoms with van der Waals surface area (Å²) in [5.74, 6) is 1.08. The van der Waals surface area contributed by atoms with Crippen molar-refractivity contribution in [3.63, 3.8) is 0 Å². The second kappa shape index (κ2) is 6.91. The van der Waals surface area contributed by atoms with E-state index >= 15 is 0 Å². The number of fused-ring (bicyclic) bond motifs is 1. The summed E-state index contributed by atoms with van der Waals surface area (Å²) in [6.45, 7) is 0.116. The van der Waals surface area contributed by atoms with Crippen molar-refractivity contribution in [3.8, 4) is 23.0 Å². The second-order valence-electron chi connectivity index (χ2n) is 5.03. The Balaban J connectivity index is 1.60. The zero-order valence-electron chi connectivity index (χ0n) is 12.9. The molecule has 1 heterocycles. The fraction of sp³-hybridized carbons (Fsp3) is 0.176. The fourth-order valence-corrected chi connectivity index (χ4v) is 2.17. The molecule has 1 aliphatic heterocycles. The number of carbonyl (C=O) groups excluding carboxylic acids is 1. The third-order valence-corrected chi connectivity index (χ3v) is 3.39. The highest BCUT2D eigenvalue weighted by atomic mass is 16.6. The minimum absolute atomic E-state index is 0.0325. The first kappa shape index (κ1) is 15.7. The number of nitrogens with one attached hydrogen (secondary N) is 1. The molecule has 0 spiro atoms. The number of hydrogen-bond donors (Lipinski definition) is 2. The number of phenols is 1. The van der Waals surface area contributed by atoms with E-state index in [0.29, 0.717) is 22.8 Å². The molecular formula is C17H16N2O5. The lowest BCUT2D eigenvalue weighted by Gasteiger charge is -2.24. The van der Waals surface area contributed by atoms with Crippen molar-refractivity contribution in [2.24, 2.45) is 5.10 Å². The molecule has 7 heteroatoms. The lowest BCUT2D eigenvalue weighted by Crippen LogP contribution is -2.42. The number of phenolic OH excluding ortho intramolecular Hbond substituents is 1. The van der Waals surface area contributed by atoms with Crippen LogP contribution < -0.4 is 19.6 Å². The topological polar surface area (TPSA) is 89.4 Å². The summed E-state index contributed by atoms with van der Waals surface area (Å²) in [5, 5.41) is 13.4. The fourth-order valence-electron chi connectivity index (χ4n) is 2.17. The predicted octanol–water partition coefficient (Wildman–Crippen LogP) is 1.69. The van der Waals surface area contributed by atoms with Crippen molar-refractivity contribution in [1.82, 2.24) is 5.43 Å². The maximum atomic E-state index is 12.1. The third-order valence-electron chi connectivity index (χ3n) is 3.39. The van der Waals surface area contributed by atoms with Gasteiger partial charge in [0.25, 0.3) is 5.91 Å². The van der Waals surface area contributed by atoms with Crippen LogP contribution in [0.1, 0.15) is 5.56 Å². The van der Waals surface area contributed by atoms with Crippen LogP contribution in [0.3, 0.4) is 0 Å². The monoisotopic (exact) mass is 328 g/mol. The Labute approximate surface area is 138 Å². The Morgan fingerprint density at radius 1 is 1.33 bits per heavy atom. The first-order chi connectivity index (χ1) is 11.7. The van der Waals surface area contributed by atoms with Gasteiger partial charge in [0.15, 0.2) is 23.0 Å². The normalized spacial score (nSPS) is 16.0. The van der Waals surface area contributed by atoms with Crippen LogP contribution in [0, 0.1) is 0 Å². The quantitative estimate of drug-likeness (QED) is 0.658. The molecule has 1 amide bonds. The molecule has 2 N–H and O–H groups in total. The molecule has 1 aliphatic rings. The Morgan fingerprint density at radius 2 is 2.12 bits per heavy atom. The number of para-hydroxylation sites is 2. The van der Waals surface area contributed by atoms with Gasteiger partial charge in [-0.3, -0.25) is 4.79 Å². The van der Waals surface area contributed by atoms with Crippen LogP contribution in [0.4, 0.5) is 0 Å². The van der Waals surface area contributed by atoms with Gasteiger partial charge in [-0.05, 0) is 35.9 Å². The number of carbonyl (C=O) groups is 1. The lowest BCUT2D eigenvalue weighted by atomic mass is 10.2. The van der Waals surface area contributed by atoms with Crippen LogP contribution in [0.25, 0.3) is 0 Å². The maximum Gasteiger partial charge on any atom is 0.284 e. The molecule has 0 unspecified atom stereocenters. The molecule has 124 valence electrons. The third kappa shape index (κ3) is 3.40. The van der Waals surface area contributed by atoms with E-state index in [0.717, 1.165) is 0 Å². The van der Waals surface area contributed by atoms with Gasteiger partial charge in [0, 0.05) is 0 Å². The minimum atomic E-state index is -0.772. The van der Waals surface area contributed by atoms with Gasteiger partial charge in [-0.25, -0.2) is 5.43 Å². The van der Waals surface area contributed by atoms with Crippen LogP contribution in [0.5, 0.6) is 23.0 Å². The SMILES string of the molecule is COc1cc(C=NNC(=O)[C@@H]2COc3ccccc3O2)ccc1O. The minimum Gasteiger partial charge on any atom is -0.504 e. The van der Waals surface area contributed by atoms with E-state index < -0.39 is 12.0 Å². The second-order valence-corrected chi connectivity index (χ2v) is 5.03. The van der Waals surface area contributed by atoms with Crippen molar-refractivity contribution in [1.29, 1.82) is 0 Å². The molecule has 1 atom stereocenters. The van der Waals surface area contributed by atoms with E-state index in [9.17, 15) is 9.90 Å². The zero-order chi connectivity index (χ0) is 16.9. The van der Waals surface area contributed by atoms with Gasteiger partial charge < -0.3 is 19.3 Å². The molecule has 2 aromatic carbocycles. The molecule has 0 radical (unpaired) electrons. The summed E-state index contributed by atoms with van der Waals surface area (Å²) >= 11 is 0. The zero-order valence-corrected chi connectivity index (χ0v) is 12.9. The van der Waals surface area contributed by atoms with E-state index in [-0.39, 0.29) is 12.4 Å². The van der Waals surface area contributed by atoms with E-state index in [1.165, 1.54) is 19.4 Å². The van der Waals surface area contributed by atoms with Gasteiger partial charge in [0.1, 0.15) is 6.61 Å². The van der Waals surface area contributed by atoms with Crippen molar-refractivity contribution < 1.29 is 24.1 Å². The van der Waals surface area contributed by atoms with Crippen LogP contribution in [0.15, 0.2) is 47.6 Å². The molecule has 0 bridgehead atoms. The molecule has 2 aromatic rings. The van der Waals surface area contributed by atoms with E-state index in [1.807, 2.05) is 6.07 Å². The van der Waals surface area contributed by atoms with Gasteiger partial charge in [0.2, 0.25) is 6.10 Å². The first-order valence-corrected chi connectivity index (χ1v) is 7.26. The molecule has 0 fully saturated rings. The van der Waals surface area contributed by atoms with Crippen LogP contribution >= 0.6 is 0 Å². The standard InChI is InChI=1S/C17H16N2O5/c1-22-15-8-11(6-7-12(15)20)9-18-19-17(21)16-10-23-13-4-2-3-5-14(13)24-16/h2-9,16,20H,10H2,1H3,(H,19,21)/t16-/m0/s1. The highest BCUT2D eigenvalue weighted by Crippen LogP contribution is 2.30. The van der Waals surface area contributed by atoms with E-state index in [2.05, 4.69) is 10.5 Å². The number of aromatic hydroxyl groups is 1. The molecule has 7 nitrogen and oxygen atoms in total. The van der Waals surface area contributed by atoms with Gasteiger partial charge in [-0.15, -0.1) is 0 Å². The summed E-state index contributed by atoms with van der Waals surface area (Å²) in [5.41, 5.74) is 3.07. The number of rotatable bonds is 4. The molecule has 0 saturated carbocycles. The van der Waals surface area contributed by atoms with Crippen LogP contribution in [-0.4, -0.2) is 37.0 Å². The average molecular weight is 328 g/mol. The number of methoxy groups -OCH3 is 1. The van der Waals surface area contributed by atoms with E-state index in [1.54, 1.807) is 30.3 Å².